The summed E-state index contributed by atoms with van der Waals surface area (Å²) in [6, 6.07) is 5.66. The first kappa shape index (κ1) is 17.1. The standard InChI is InChI=1S/C17H23NO5/c1-18(16(19)17(20)21)10-9-12-7-8-14(22-2)15(11-12)23-13-5-3-4-6-13/h7-8,11,13H,3-6,9-10H2,1-2H3,(H,20,21). The molecule has 0 atom stereocenters. The second-order valence-electron chi connectivity index (χ2n) is 5.79. The number of hydrogen-bond donors (Lipinski definition) is 1. The SMILES string of the molecule is COc1ccc(CCN(C)C(=O)C(=O)O)cc1OC1CCCC1. The number of benzene rings is 1. The number of amides is 1. The van der Waals surface area contributed by atoms with Gasteiger partial charge in [0.2, 0.25) is 0 Å². The van der Waals surface area contributed by atoms with Crippen molar-refractivity contribution in [1.29, 1.82) is 0 Å². The van der Waals surface area contributed by atoms with Crippen molar-refractivity contribution >= 4 is 11.9 Å². The van der Waals surface area contributed by atoms with Crippen LogP contribution in [0.5, 0.6) is 11.5 Å². The molecule has 0 spiro atoms. The van der Waals surface area contributed by atoms with E-state index >= 15 is 0 Å². The van der Waals surface area contributed by atoms with Gasteiger partial charge in [-0.15, -0.1) is 0 Å². The van der Waals surface area contributed by atoms with E-state index in [1.165, 1.54) is 24.8 Å². The number of carbonyl (C=O) groups is 2. The fourth-order valence-electron chi connectivity index (χ4n) is 2.72. The highest BCUT2D eigenvalue weighted by atomic mass is 16.5. The number of carboxylic acid groups (broad SMARTS) is 1. The molecule has 0 bridgehead atoms. The van der Waals surface area contributed by atoms with E-state index < -0.39 is 11.9 Å². The molecule has 0 aromatic heterocycles. The molecule has 1 N–H and O–H groups in total. The van der Waals surface area contributed by atoms with E-state index in [4.69, 9.17) is 14.6 Å². The van der Waals surface area contributed by atoms with Crippen LogP contribution >= 0.6 is 0 Å². The highest BCUT2D eigenvalue weighted by Crippen LogP contribution is 2.32. The normalized spacial score (nSPS) is 14.5. The summed E-state index contributed by atoms with van der Waals surface area (Å²) in [5.41, 5.74) is 0.976. The molecule has 0 aliphatic heterocycles. The summed E-state index contributed by atoms with van der Waals surface area (Å²) in [5, 5.41) is 8.69. The van der Waals surface area contributed by atoms with Gasteiger partial charge in [0.15, 0.2) is 11.5 Å². The molecule has 0 heterocycles. The summed E-state index contributed by atoms with van der Waals surface area (Å²) in [6.07, 6.45) is 5.28. The summed E-state index contributed by atoms with van der Waals surface area (Å²) >= 11 is 0. The number of rotatable bonds is 6. The van der Waals surface area contributed by atoms with Gasteiger partial charge >= 0.3 is 11.9 Å². The zero-order valence-electron chi connectivity index (χ0n) is 13.6. The second-order valence-corrected chi connectivity index (χ2v) is 5.79. The van der Waals surface area contributed by atoms with Gasteiger partial charge in [-0.3, -0.25) is 4.79 Å². The Bertz CT molecular complexity index is 566. The molecule has 126 valence electrons. The van der Waals surface area contributed by atoms with E-state index in [-0.39, 0.29) is 6.10 Å². The smallest absolute Gasteiger partial charge is 0.394 e. The Kier molecular flexibility index (Phi) is 5.84. The lowest BCUT2D eigenvalue weighted by Crippen LogP contribution is -2.34. The molecule has 6 heteroatoms. The summed E-state index contributed by atoms with van der Waals surface area (Å²) in [5.74, 6) is -0.937. The number of hydrogen-bond acceptors (Lipinski definition) is 4. The van der Waals surface area contributed by atoms with Crippen LogP contribution in [-0.2, 0) is 16.0 Å². The minimum Gasteiger partial charge on any atom is -0.493 e. The highest BCUT2D eigenvalue weighted by Gasteiger charge is 2.19. The molecule has 1 aliphatic rings. The molecule has 0 unspecified atom stereocenters. The third-order valence-corrected chi connectivity index (χ3v) is 4.09. The minimum absolute atomic E-state index is 0.232. The van der Waals surface area contributed by atoms with E-state index in [2.05, 4.69) is 0 Å². The molecule has 0 radical (unpaired) electrons. The molecule has 1 aromatic rings. The Hall–Kier alpha value is -2.24. The first-order valence-corrected chi connectivity index (χ1v) is 7.83. The average Bonchev–Trinajstić information content (AvgIpc) is 3.05. The lowest BCUT2D eigenvalue weighted by Gasteiger charge is -2.18. The van der Waals surface area contributed by atoms with E-state index in [1.807, 2.05) is 18.2 Å². The van der Waals surface area contributed by atoms with Crippen molar-refractivity contribution in [2.45, 2.75) is 38.2 Å². The zero-order valence-corrected chi connectivity index (χ0v) is 13.6. The lowest BCUT2D eigenvalue weighted by molar-refractivity contribution is -0.155. The number of ether oxygens (including phenoxy) is 2. The summed E-state index contributed by atoms with van der Waals surface area (Å²) in [4.78, 5) is 23.2. The van der Waals surface area contributed by atoms with Crippen molar-refractivity contribution in [2.75, 3.05) is 20.7 Å². The van der Waals surface area contributed by atoms with Crippen LogP contribution in [0.2, 0.25) is 0 Å². The molecule has 1 fully saturated rings. The Balaban J connectivity index is 2.01. The Morgan fingerprint density at radius 2 is 1.96 bits per heavy atom. The maximum absolute atomic E-state index is 11.3. The molecule has 23 heavy (non-hydrogen) atoms. The summed E-state index contributed by atoms with van der Waals surface area (Å²) in [7, 11) is 3.09. The first-order valence-electron chi connectivity index (χ1n) is 7.83. The molecule has 1 aliphatic carbocycles. The lowest BCUT2D eigenvalue weighted by atomic mass is 10.1. The van der Waals surface area contributed by atoms with Gasteiger partial charge in [0.25, 0.3) is 0 Å². The second kappa shape index (κ2) is 7.85. The van der Waals surface area contributed by atoms with Crippen LogP contribution in [0, 0.1) is 0 Å². The van der Waals surface area contributed by atoms with Gasteiger partial charge in [-0.05, 0) is 49.8 Å². The Morgan fingerprint density at radius 3 is 2.57 bits per heavy atom. The van der Waals surface area contributed by atoms with Gasteiger partial charge in [0, 0.05) is 13.6 Å². The van der Waals surface area contributed by atoms with Gasteiger partial charge < -0.3 is 19.5 Å². The molecular formula is C17H23NO5. The van der Waals surface area contributed by atoms with Crippen molar-refractivity contribution in [3.8, 4) is 11.5 Å². The van der Waals surface area contributed by atoms with Crippen LogP contribution in [0.3, 0.4) is 0 Å². The zero-order chi connectivity index (χ0) is 16.8. The number of nitrogens with zero attached hydrogens (tertiary/aromatic N) is 1. The number of methoxy groups -OCH3 is 1. The molecule has 6 nitrogen and oxygen atoms in total. The highest BCUT2D eigenvalue weighted by molar-refractivity contribution is 6.31. The quantitative estimate of drug-likeness (QED) is 0.812. The van der Waals surface area contributed by atoms with Gasteiger partial charge in [-0.2, -0.15) is 0 Å². The van der Waals surface area contributed by atoms with Crippen molar-refractivity contribution < 1.29 is 24.2 Å². The maximum atomic E-state index is 11.3. The minimum atomic E-state index is -1.44. The van der Waals surface area contributed by atoms with E-state index in [1.54, 1.807) is 7.11 Å². The van der Waals surface area contributed by atoms with Crippen LogP contribution in [0.1, 0.15) is 31.2 Å². The van der Waals surface area contributed by atoms with E-state index in [9.17, 15) is 9.59 Å². The number of carbonyl (C=O) groups excluding carboxylic acids is 1. The molecular weight excluding hydrogens is 298 g/mol. The van der Waals surface area contributed by atoms with Crippen LogP contribution in [0.15, 0.2) is 18.2 Å². The third kappa shape index (κ3) is 4.61. The number of carboxylic acids is 1. The molecule has 2 rings (SSSR count). The molecule has 1 amide bonds. The van der Waals surface area contributed by atoms with Crippen LogP contribution in [0.4, 0.5) is 0 Å². The van der Waals surface area contributed by atoms with Crippen molar-refractivity contribution in [2.24, 2.45) is 0 Å². The molecule has 1 saturated carbocycles. The predicted octanol–water partition coefficient (Wildman–Crippen LogP) is 2.10. The first-order chi connectivity index (χ1) is 11.0. The van der Waals surface area contributed by atoms with Crippen molar-refractivity contribution in [3.63, 3.8) is 0 Å². The van der Waals surface area contributed by atoms with Crippen LogP contribution < -0.4 is 9.47 Å². The van der Waals surface area contributed by atoms with Crippen LogP contribution in [-0.4, -0.2) is 48.7 Å². The van der Waals surface area contributed by atoms with Gasteiger partial charge in [0.05, 0.1) is 13.2 Å². The van der Waals surface area contributed by atoms with Gasteiger partial charge in [-0.1, -0.05) is 6.07 Å². The fraction of sp³-hybridized carbons (Fsp3) is 0.529. The average molecular weight is 321 g/mol. The summed E-state index contributed by atoms with van der Waals surface area (Å²) in [6.45, 7) is 0.334. The monoisotopic (exact) mass is 321 g/mol. The third-order valence-electron chi connectivity index (χ3n) is 4.09. The van der Waals surface area contributed by atoms with Crippen molar-refractivity contribution in [3.05, 3.63) is 23.8 Å². The van der Waals surface area contributed by atoms with E-state index in [0.717, 1.165) is 18.4 Å². The Morgan fingerprint density at radius 1 is 1.26 bits per heavy atom. The Labute approximate surface area is 136 Å². The van der Waals surface area contributed by atoms with Gasteiger partial charge in [0.1, 0.15) is 0 Å². The summed E-state index contributed by atoms with van der Waals surface area (Å²) < 4.78 is 11.4. The van der Waals surface area contributed by atoms with Gasteiger partial charge in [-0.25, -0.2) is 4.79 Å². The topological polar surface area (TPSA) is 76.1 Å². The molecule has 1 aromatic carbocycles. The fourth-order valence-corrected chi connectivity index (χ4v) is 2.72. The van der Waals surface area contributed by atoms with Crippen molar-refractivity contribution in [1.82, 2.24) is 4.90 Å². The van der Waals surface area contributed by atoms with Crippen LogP contribution in [0.25, 0.3) is 0 Å². The number of aliphatic carboxylic acids is 1. The maximum Gasteiger partial charge on any atom is 0.394 e. The number of likely N-dealkylation sites (N-methyl/N-ethyl adjacent to an activating group) is 1. The van der Waals surface area contributed by atoms with E-state index in [0.29, 0.717) is 24.5 Å². The molecule has 0 saturated heterocycles. The predicted molar refractivity (Wildman–Crippen MR) is 84.9 cm³/mol. The largest absolute Gasteiger partial charge is 0.493 e.